The number of morpholine rings is 1. The second-order valence-electron chi connectivity index (χ2n) is 5.90. The first kappa shape index (κ1) is 11.9. The van der Waals surface area contributed by atoms with Crippen molar-refractivity contribution in [3.8, 4) is 0 Å². The van der Waals surface area contributed by atoms with Crippen LogP contribution in [0.25, 0.3) is 0 Å². The average molecular weight is 226 g/mol. The van der Waals surface area contributed by atoms with Crippen molar-refractivity contribution in [3.05, 3.63) is 0 Å². The zero-order valence-electron chi connectivity index (χ0n) is 10.5. The van der Waals surface area contributed by atoms with Gasteiger partial charge in [0.1, 0.15) is 6.61 Å². The summed E-state index contributed by atoms with van der Waals surface area (Å²) >= 11 is 0. The van der Waals surface area contributed by atoms with Gasteiger partial charge in [-0.25, -0.2) is 0 Å². The van der Waals surface area contributed by atoms with Gasteiger partial charge in [0.25, 0.3) is 0 Å². The van der Waals surface area contributed by atoms with E-state index in [0.29, 0.717) is 0 Å². The molecule has 0 bridgehead atoms. The van der Waals surface area contributed by atoms with Crippen LogP contribution in [0.4, 0.5) is 0 Å². The summed E-state index contributed by atoms with van der Waals surface area (Å²) in [6.07, 6.45) is 2.19. The first-order chi connectivity index (χ1) is 7.43. The number of nitrogens with zero attached hydrogens (tertiary/aromatic N) is 1. The molecule has 16 heavy (non-hydrogen) atoms. The fourth-order valence-electron chi connectivity index (χ4n) is 2.52. The molecule has 2 aliphatic heterocycles. The summed E-state index contributed by atoms with van der Waals surface area (Å²) in [6.45, 7) is 9.14. The topological polar surface area (TPSA) is 41.6 Å². The lowest BCUT2D eigenvalue weighted by Gasteiger charge is -2.49. The second-order valence-corrected chi connectivity index (χ2v) is 5.90. The lowest BCUT2D eigenvalue weighted by atomic mass is 9.90. The average Bonchev–Trinajstić information content (AvgIpc) is 2.22. The molecule has 1 unspecified atom stereocenters. The molecule has 0 saturated carbocycles. The Morgan fingerprint density at radius 2 is 2.19 bits per heavy atom. The van der Waals surface area contributed by atoms with Crippen LogP contribution in [0.15, 0.2) is 0 Å². The van der Waals surface area contributed by atoms with Crippen molar-refractivity contribution in [3.63, 3.8) is 0 Å². The van der Waals surface area contributed by atoms with Crippen molar-refractivity contribution in [1.29, 1.82) is 0 Å². The van der Waals surface area contributed by atoms with Crippen LogP contribution in [0.3, 0.4) is 0 Å². The molecule has 1 amide bonds. The van der Waals surface area contributed by atoms with Crippen LogP contribution in [-0.2, 0) is 9.53 Å². The molecule has 0 aromatic carbocycles. The molecule has 0 radical (unpaired) electrons. The molecule has 1 spiro atoms. The van der Waals surface area contributed by atoms with E-state index >= 15 is 0 Å². The lowest BCUT2D eigenvalue weighted by Crippen LogP contribution is -2.64. The Bertz CT molecular complexity index is 277. The predicted octanol–water partition coefficient (Wildman–Crippen LogP) is 0.766. The van der Waals surface area contributed by atoms with Crippen molar-refractivity contribution < 1.29 is 9.53 Å². The van der Waals surface area contributed by atoms with E-state index in [0.717, 1.165) is 32.5 Å². The van der Waals surface area contributed by atoms with E-state index < -0.39 is 0 Å². The third-order valence-corrected chi connectivity index (χ3v) is 3.49. The number of ether oxygens (including phenoxy) is 1. The monoisotopic (exact) mass is 226 g/mol. The van der Waals surface area contributed by atoms with Crippen LogP contribution in [0, 0.1) is 0 Å². The summed E-state index contributed by atoms with van der Waals surface area (Å²) in [7, 11) is 0. The van der Waals surface area contributed by atoms with E-state index in [1.54, 1.807) is 0 Å². The Hall–Kier alpha value is -0.610. The normalized spacial score (nSPS) is 32.2. The number of rotatable bonds is 0. The van der Waals surface area contributed by atoms with Gasteiger partial charge in [0.2, 0.25) is 5.91 Å². The van der Waals surface area contributed by atoms with Gasteiger partial charge in [0.15, 0.2) is 0 Å². The van der Waals surface area contributed by atoms with E-state index in [9.17, 15) is 4.79 Å². The van der Waals surface area contributed by atoms with Gasteiger partial charge in [-0.15, -0.1) is 0 Å². The van der Waals surface area contributed by atoms with Gasteiger partial charge < -0.3 is 15.0 Å². The SMILES string of the molecule is CC(C)(C)N1CC2(CCCNC2)OCC1=O. The Labute approximate surface area is 97.3 Å². The minimum atomic E-state index is -0.139. The number of nitrogens with one attached hydrogen (secondary N) is 1. The zero-order chi connectivity index (χ0) is 11.8. The van der Waals surface area contributed by atoms with Crippen LogP contribution < -0.4 is 5.32 Å². The number of hydrogen-bond acceptors (Lipinski definition) is 3. The standard InChI is InChI=1S/C12H22N2O2/c1-11(2,3)14-9-12(16-7-10(14)15)5-4-6-13-8-12/h13H,4-9H2,1-3H3. The van der Waals surface area contributed by atoms with Crippen molar-refractivity contribution in [1.82, 2.24) is 10.2 Å². The first-order valence-electron chi connectivity index (χ1n) is 6.08. The smallest absolute Gasteiger partial charge is 0.249 e. The van der Waals surface area contributed by atoms with Gasteiger partial charge in [-0.3, -0.25) is 4.79 Å². The second kappa shape index (κ2) is 4.00. The quantitative estimate of drug-likeness (QED) is 0.663. The molecule has 0 aliphatic carbocycles. The maximum Gasteiger partial charge on any atom is 0.249 e. The number of carbonyl (C=O) groups is 1. The Kier molecular flexibility index (Phi) is 2.97. The third kappa shape index (κ3) is 2.23. The van der Waals surface area contributed by atoms with Gasteiger partial charge in [-0.2, -0.15) is 0 Å². The molecule has 92 valence electrons. The molecule has 4 nitrogen and oxygen atoms in total. The minimum absolute atomic E-state index is 0.106. The van der Waals surface area contributed by atoms with Crippen LogP contribution in [0.1, 0.15) is 33.6 Å². The minimum Gasteiger partial charge on any atom is -0.362 e. The Morgan fingerprint density at radius 1 is 1.44 bits per heavy atom. The summed E-state index contributed by atoms with van der Waals surface area (Å²) in [5.74, 6) is 0.115. The van der Waals surface area contributed by atoms with Crippen molar-refractivity contribution in [2.45, 2.75) is 44.8 Å². The number of amides is 1. The van der Waals surface area contributed by atoms with Crippen LogP contribution in [-0.4, -0.2) is 48.2 Å². The lowest BCUT2D eigenvalue weighted by molar-refractivity contribution is -0.174. The summed E-state index contributed by atoms with van der Waals surface area (Å²) in [4.78, 5) is 13.8. The fourth-order valence-corrected chi connectivity index (χ4v) is 2.52. The molecule has 0 aromatic heterocycles. The summed E-state index contributed by atoms with van der Waals surface area (Å²) in [6, 6.07) is 0. The molecule has 2 aliphatic rings. The zero-order valence-corrected chi connectivity index (χ0v) is 10.5. The van der Waals surface area contributed by atoms with E-state index in [-0.39, 0.29) is 23.7 Å². The highest BCUT2D eigenvalue weighted by Crippen LogP contribution is 2.29. The molecule has 1 atom stereocenters. The van der Waals surface area contributed by atoms with Gasteiger partial charge in [0, 0.05) is 12.1 Å². The number of piperidine rings is 1. The highest BCUT2D eigenvalue weighted by Gasteiger charge is 2.43. The predicted molar refractivity (Wildman–Crippen MR) is 62.3 cm³/mol. The van der Waals surface area contributed by atoms with Gasteiger partial charge in [-0.05, 0) is 40.2 Å². The highest BCUT2D eigenvalue weighted by atomic mass is 16.5. The Morgan fingerprint density at radius 3 is 2.75 bits per heavy atom. The van der Waals surface area contributed by atoms with Crippen LogP contribution >= 0.6 is 0 Å². The van der Waals surface area contributed by atoms with Crippen LogP contribution in [0.2, 0.25) is 0 Å². The summed E-state index contributed by atoms with van der Waals surface area (Å²) < 4.78 is 5.79. The molecule has 2 heterocycles. The molecule has 0 aromatic rings. The summed E-state index contributed by atoms with van der Waals surface area (Å²) in [5, 5.41) is 3.37. The van der Waals surface area contributed by atoms with E-state index in [1.807, 2.05) is 4.90 Å². The molecule has 2 saturated heterocycles. The molecule has 1 N–H and O–H groups in total. The molecule has 2 rings (SSSR count). The van der Waals surface area contributed by atoms with Gasteiger partial charge >= 0.3 is 0 Å². The molecular formula is C12H22N2O2. The number of carbonyl (C=O) groups excluding carboxylic acids is 1. The maximum atomic E-state index is 11.8. The fraction of sp³-hybridized carbons (Fsp3) is 0.917. The largest absolute Gasteiger partial charge is 0.362 e. The first-order valence-corrected chi connectivity index (χ1v) is 6.08. The van der Waals surface area contributed by atoms with Crippen molar-refractivity contribution in [2.75, 3.05) is 26.2 Å². The van der Waals surface area contributed by atoms with Crippen LogP contribution in [0.5, 0.6) is 0 Å². The molecule has 2 fully saturated rings. The highest BCUT2D eigenvalue weighted by molar-refractivity contribution is 5.79. The van der Waals surface area contributed by atoms with Gasteiger partial charge in [-0.1, -0.05) is 0 Å². The molecular weight excluding hydrogens is 204 g/mol. The van der Waals surface area contributed by atoms with E-state index in [2.05, 4.69) is 26.1 Å². The van der Waals surface area contributed by atoms with Gasteiger partial charge in [0.05, 0.1) is 12.1 Å². The van der Waals surface area contributed by atoms with Crippen molar-refractivity contribution in [2.24, 2.45) is 0 Å². The van der Waals surface area contributed by atoms with E-state index in [1.165, 1.54) is 0 Å². The maximum absolute atomic E-state index is 11.8. The van der Waals surface area contributed by atoms with Crippen molar-refractivity contribution >= 4 is 5.91 Å². The molecule has 4 heteroatoms. The third-order valence-electron chi connectivity index (χ3n) is 3.49. The Balaban J connectivity index is 2.12. The summed E-state index contributed by atoms with van der Waals surface area (Å²) in [5.41, 5.74) is -0.245. The van der Waals surface area contributed by atoms with E-state index in [4.69, 9.17) is 4.74 Å². The number of hydrogen-bond donors (Lipinski definition) is 1.